The van der Waals surface area contributed by atoms with Gasteiger partial charge in [-0.1, -0.05) is 0 Å². The van der Waals surface area contributed by atoms with Crippen LogP contribution in [0.5, 0.6) is 0 Å². The number of benzene rings is 3. The van der Waals surface area contributed by atoms with Gasteiger partial charge in [0.15, 0.2) is 0 Å². The van der Waals surface area contributed by atoms with E-state index in [1.807, 2.05) is 0 Å². The maximum atomic E-state index is 13.5. The van der Waals surface area contributed by atoms with E-state index in [1.165, 1.54) is 48.8 Å². The van der Waals surface area contributed by atoms with Crippen molar-refractivity contribution in [2.24, 2.45) is 11.3 Å². The number of rotatable bonds is 3. The van der Waals surface area contributed by atoms with E-state index in [4.69, 9.17) is 4.21 Å². The number of halogens is 5. The van der Waals surface area contributed by atoms with E-state index in [1.54, 1.807) is 12.1 Å². The minimum Gasteiger partial charge on any atom is -1.00 e. The summed E-state index contributed by atoms with van der Waals surface area (Å²) < 4.78 is 48.1. The van der Waals surface area contributed by atoms with Crippen LogP contribution in [-0.4, -0.2) is 4.21 Å². The number of alkyl halides is 3. The van der Waals surface area contributed by atoms with Crippen LogP contribution in [0.2, 0.25) is 0 Å². The van der Waals surface area contributed by atoms with Crippen LogP contribution in [0.25, 0.3) is 11.1 Å². The summed E-state index contributed by atoms with van der Waals surface area (Å²) in [4.78, 5) is 0. The second kappa shape index (κ2) is 10.7. The van der Waals surface area contributed by atoms with Gasteiger partial charge in [-0.3, -0.25) is 0 Å². The fourth-order valence-corrected chi connectivity index (χ4v) is 18.9. The van der Waals surface area contributed by atoms with Gasteiger partial charge in [0, 0.05) is 0 Å². The molecule has 0 spiro atoms. The van der Waals surface area contributed by atoms with Crippen LogP contribution < -0.4 is 28.1 Å². The zero-order valence-corrected chi connectivity index (χ0v) is 26.2. The first-order valence-electron chi connectivity index (χ1n) is 12.5. The quantitative estimate of drug-likeness (QED) is 0.416. The molecule has 38 heavy (non-hydrogen) atoms. The average Bonchev–Trinajstić information content (AvgIpc) is 3.32. The Labute approximate surface area is 240 Å². The molecule has 0 aliphatic heterocycles. The normalized spacial score (nSPS) is 17.8. The molecular weight excluding hydrogens is 603 g/mol. The molecule has 3 aromatic carbocycles. The fourth-order valence-electron chi connectivity index (χ4n) is 6.62. The molecular formula is C32H32Cl2F3Zr. The van der Waals surface area contributed by atoms with Gasteiger partial charge in [-0.2, -0.15) is 0 Å². The monoisotopic (exact) mass is 633 g/mol. The zero-order chi connectivity index (χ0) is 26.0. The Morgan fingerprint density at radius 1 is 0.763 bits per heavy atom. The molecule has 2 aliphatic rings. The van der Waals surface area contributed by atoms with Gasteiger partial charge in [-0.25, -0.2) is 0 Å². The molecule has 0 heterocycles. The van der Waals surface area contributed by atoms with E-state index in [0.29, 0.717) is 0 Å². The first-order valence-corrected chi connectivity index (χ1v) is 18.1. The van der Waals surface area contributed by atoms with Crippen molar-refractivity contribution in [3.63, 3.8) is 0 Å². The average molecular weight is 636 g/mol. The molecule has 6 heteroatoms. The number of allylic oxidation sites excluding steroid dienone is 4. The van der Waals surface area contributed by atoms with Gasteiger partial charge >= 0.3 is 217 Å². The molecule has 0 nitrogen and oxygen atoms in total. The van der Waals surface area contributed by atoms with Crippen LogP contribution in [0.4, 0.5) is 13.2 Å². The summed E-state index contributed by atoms with van der Waals surface area (Å²) in [5, 5.41) is 0. The van der Waals surface area contributed by atoms with Crippen molar-refractivity contribution in [3.8, 4) is 11.1 Å². The molecule has 0 amide bonds. The number of fused-ring (bicyclic) bond motifs is 3. The second-order valence-corrected chi connectivity index (χ2v) is 20.2. The van der Waals surface area contributed by atoms with Gasteiger partial charge in [0.25, 0.3) is 0 Å². The first-order chi connectivity index (χ1) is 16.8. The zero-order valence-electron chi connectivity index (χ0n) is 22.3. The van der Waals surface area contributed by atoms with E-state index in [0.717, 1.165) is 3.27 Å². The van der Waals surface area contributed by atoms with Gasteiger partial charge in [0.05, 0.1) is 0 Å². The molecule has 2 aliphatic carbocycles. The van der Waals surface area contributed by atoms with Gasteiger partial charge in [0.2, 0.25) is 0 Å². The topological polar surface area (TPSA) is 0 Å². The van der Waals surface area contributed by atoms with Crippen molar-refractivity contribution >= 4 is 7.48 Å². The molecule has 0 radical (unpaired) electrons. The van der Waals surface area contributed by atoms with Crippen molar-refractivity contribution in [1.29, 1.82) is 0 Å². The molecule has 5 rings (SSSR count). The molecule has 0 saturated carbocycles. The van der Waals surface area contributed by atoms with Crippen molar-refractivity contribution < 1.29 is 57.8 Å². The fraction of sp³-hybridized carbons (Fsp3) is 0.281. The predicted molar refractivity (Wildman–Crippen MR) is 141 cm³/mol. The number of hydrogen-bond acceptors (Lipinski definition) is 0. The Bertz CT molecular complexity index is 1410. The molecule has 0 bridgehead atoms. The second-order valence-electron chi connectivity index (χ2n) is 11.3. The van der Waals surface area contributed by atoms with E-state index >= 15 is 0 Å². The summed E-state index contributed by atoms with van der Waals surface area (Å²) in [7, 11) is 0. The van der Waals surface area contributed by atoms with Crippen molar-refractivity contribution in [1.82, 2.24) is 0 Å². The van der Waals surface area contributed by atoms with Gasteiger partial charge in [0.1, 0.15) is 0 Å². The summed E-state index contributed by atoms with van der Waals surface area (Å²) in [6.45, 7) is 11.2. The van der Waals surface area contributed by atoms with Crippen molar-refractivity contribution in [2.75, 3.05) is 0 Å². The molecule has 3 aromatic rings. The van der Waals surface area contributed by atoms with E-state index in [9.17, 15) is 13.2 Å². The summed E-state index contributed by atoms with van der Waals surface area (Å²) in [6.07, 6.45) is -1.99. The molecule has 2 atom stereocenters. The molecule has 199 valence electrons. The minimum absolute atomic E-state index is 0. The van der Waals surface area contributed by atoms with Crippen LogP contribution in [-0.2, 0) is 26.0 Å². The smallest absolute Gasteiger partial charge is 1.00 e. The van der Waals surface area contributed by atoms with Gasteiger partial charge < -0.3 is 24.8 Å². The van der Waals surface area contributed by atoms with Crippen LogP contribution in [0.1, 0.15) is 54.9 Å². The molecule has 0 saturated heterocycles. The third kappa shape index (κ3) is 4.87. The summed E-state index contributed by atoms with van der Waals surface area (Å²) in [6, 6.07) is 23.0. The van der Waals surface area contributed by atoms with Crippen LogP contribution in [0.15, 0.2) is 93.3 Å². The molecule has 2 unspecified atom stereocenters. The summed E-state index contributed by atoms with van der Waals surface area (Å²) in [5.74, 6) is 0.203. The predicted octanol–water partition coefficient (Wildman–Crippen LogP) is 2.59. The van der Waals surface area contributed by atoms with Gasteiger partial charge in [-0.15, -0.1) is 0 Å². The van der Waals surface area contributed by atoms with E-state index < -0.39 is 31.5 Å². The first kappa shape index (κ1) is 30.8. The Morgan fingerprint density at radius 3 is 1.66 bits per heavy atom. The van der Waals surface area contributed by atoms with Crippen molar-refractivity contribution in [2.45, 2.75) is 44.4 Å². The molecule has 0 aromatic heterocycles. The SMILES string of the molecule is [CH2]=[Zr+2]([C]1=C(C)C(C(C)(C)C)=CC1C)([c]1ccc(C(F)(F)F)cc1)[CH]1c2ccccc2-c2ccccc21.[Cl-].[Cl-]. The molecule has 0 N–H and O–H groups in total. The summed E-state index contributed by atoms with van der Waals surface area (Å²) >= 11 is -3.95. The maximum Gasteiger partial charge on any atom is -1.00 e. The Kier molecular flexibility index (Phi) is 8.66. The third-order valence-electron chi connectivity index (χ3n) is 8.02. The third-order valence-corrected chi connectivity index (χ3v) is 19.7. The number of hydrogen-bond donors (Lipinski definition) is 0. The summed E-state index contributed by atoms with van der Waals surface area (Å²) in [5.41, 5.74) is 6.99. The van der Waals surface area contributed by atoms with Crippen LogP contribution >= 0.6 is 0 Å². The Hall–Kier alpha value is -1.74. The Balaban J connectivity index is 0.00000200. The minimum atomic E-state index is -4.36. The van der Waals surface area contributed by atoms with E-state index in [-0.39, 0.29) is 39.8 Å². The maximum absolute atomic E-state index is 13.5. The Morgan fingerprint density at radius 2 is 1.24 bits per heavy atom. The van der Waals surface area contributed by atoms with Gasteiger partial charge in [-0.05, 0) is 0 Å². The van der Waals surface area contributed by atoms with Crippen LogP contribution in [0, 0.1) is 11.3 Å². The van der Waals surface area contributed by atoms with Crippen molar-refractivity contribution in [3.05, 3.63) is 110 Å². The van der Waals surface area contributed by atoms with Crippen LogP contribution in [0.3, 0.4) is 0 Å². The van der Waals surface area contributed by atoms with E-state index in [2.05, 4.69) is 89.2 Å². The largest absolute Gasteiger partial charge is 1.00 e. The standard InChI is InChI=1S/C13H9.C11H17.C7H4F3.CH2.2ClH.Zr/c1-3-7-12-10(5-1)9-11-6-2-4-8-13(11)12;1-8-6-9(2)10(7-8)11(3,4)5;8-7(9,10)6-4-2-1-3-5-6;;;;/h1-9H;7-8H,1-5H3;2-5H;1H2;2*1H;/q;;;;;;+2/p-2. The molecule has 0 fully saturated rings.